The number of halogens is 2. The van der Waals surface area contributed by atoms with Gasteiger partial charge in [-0.15, -0.1) is 0 Å². The predicted octanol–water partition coefficient (Wildman–Crippen LogP) is 0.574. The van der Waals surface area contributed by atoms with Gasteiger partial charge in [0.1, 0.15) is 6.54 Å². The summed E-state index contributed by atoms with van der Waals surface area (Å²) in [4.78, 5) is 17.3. The zero-order valence-corrected chi connectivity index (χ0v) is 7.35. The third kappa shape index (κ3) is 3.71. The number of aliphatic carboxylic acids is 1. The molecule has 0 bridgehead atoms. The van der Waals surface area contributed by atoms with Crippen LogP contribution in [0.1, 0.15) is 0 Å². The van der Waals surface area contributed by atoms with Gasteiger partial charge in [-0.05, 0) is 0 Å². The lowest BCUT2D eigenvalue weighted by molar-refractivity contribution is -0.134. The van der Waals surface area contributed by atoms with Crippen LogP contribution in [0.15, 0.2) is 12.4 Å². The molecule has 0 saturated carbocycles. The summed E-state index contributed by atoms with van der Waals surface area (Å²) < 4.78 is 27.7. The summed E-state index contributed by atoms with van der Waals surface area (Å²) in [5.41, 5.74) is 0. The molecule has 1 rings (SSSR count). The first-order valence-corrected chi connectivity index (χ1v) is 3.81. The summed E-state index contributed by atoms with van der Waals surface area (Å²) in [6.45, 7) is -3.50. The lowest BCUT2D eigenvalue weighted by atomic mass is 10.5. The maximum absolute atomic E-state index is 11.9. The second-order valence-corrected chi connectivity index (χ2v) is 2.34. The Labute approximate surface area is 82.9 Å². The van der Waals surface area contributed by atoms with Gasteiger partial charge in [0.05, 0.1) is 0 Å². The van der Waals surface area contributed by atoms with Gasteiger partial charge in [0.2, 0.25) is 0 Å². The number of nitrogens with zero attached hydrogens (tertiary/aromatic N) is 2. The van der Waals surface area contributed by atoms with Crippen molar-refractivity contribution in [2.75, 3.05) is 11.9 Å². The summed E-state index contributed by atoms with van der Waals surface area (Å²) in [5.74, 6) is -1.72. The van der Waals surface area contributed by atoms with Crippen LogP contribution >= 0.6 is 0 Å². The average Bonchev–Trinajstić information content (AvgIpc) is 2.15. The number of alkyl halides is 2. The van der Waals surface area contributed by atoms with Gasteiger partial charge in [0.25, 0.3) is 5.88 Å². The molecule has 0 atom stereocenters. The van der Waals surface area contributed by atoms with E-state index >= 15 is 0 Å². The van der Waals surface area contributed by atoms with Crippen molar-refractivity contribution in [3.05, 3.63) is 12.4 Å². The molecule has 1 heterocycles. The van der Waals surface area contributed by atoms with Gasteiger partial charge in [-0.3, -0.25) is 4.79 Å². The maximum Gasteiger partial charge on any atom is 0.388 e. The lowest BCUT2D eigenvalue weighted by Gasteiger charge is -2.08. The zero-order valence-electron chi connectivity index (χ0n) is 7.35. The van der Waals surface area contributed by atoms with Crippen LogP contribution in [0.3, 0.4) is 0 Å². The van der Waals surface area contributed by atoms with Gasteiger partial charge in [-0.25, -0.2) is 9.97 Å². The molecule has 0 saturated heterocycles. The van der Waals surface area contributed by atoms with E-state index in [1.165, 1.54) is 6.20 Å². The maximum atomic E-state index is 11.9. The fourth-order valence-electron chi connectivity index (χ4n) is 0.776. The lowest BCUT2D eigenvalue weighted by Crippen LogP contribution is -2.15. The SMILES string of the molecule is O=C(O)CNc1nccnc1OC(F)F. The summed E-state index contributed by atoms with van der Waals surface area (Å²) >= 11 is 0. The van der Waals surface area contributed by atoms with E-state index in [-0.39, 0.29) is 5.82 Å². The van der Waals surface area contributed by atoms with E-state index < -0.39 is 25.0 Å². The average molecular weight is 219 g/mol. The third-order valence-electron chi connectivity index (χ3n) is 1.27. The molecule has 0 radical (unpaired) electrons. The van der Waals surface area contributed by atoms with E-state index in [0.29, 0.717) is 0 Å². The highest BCUT2D eigenvalue weighted by Gasteiger charge is 2.12. The minimum absolute atomic E-state index is 0.139. The molecule has 0 aromatic carbocycles. The van der Waals surface area contributed by atoms with Crippen LogP contribution < -0.4 is 10.1 Å². The van der Waals surface area contributed by atoms with Crippen molar-refractivity contribution in [1.29, 1.82) is 0 Å². The molecule has 0 aliphatic rings. The number of carboxylic acids is 1. The summed E-state index contributed by atoms with van der Waals surface area (Å²) in [7, 11) is 0. The molecule has 82 valence electrons. The molecule has 8 heteroatoms. The van der Waals surface area contributed by atoms with Gasteiger partial charge < -0.3 is 15.2 Å². The quantitative estimate of drug-likeness (QED) is 0.753. The van der Waals surface area contributed by atoms with Gasteiger partial charge in [-0.2, -0.15) is 8.78 Å². The molecular formula is C7H7F2N3O3. The highest BCUT2D eigenvalue weighted by atomic mass is 19.3. The van der Waals surface area contributed by atoms with E-state index in [0.717, 1.165) is 6.20 Å². The second kappa shape index (κ2) is 5.03. The molecule has 1 aromatic rings. The van der Waals surface area contributed by atoms with E-state index in [9.17, 15) is 13.6 Å². The summed E-state index contributed by atoms with van der Waals surface area (Å²) in [5, 5.41) is 10.6. The van der Waals surface area contributed by atoms with Gasteiger partial charge >= 0.3 is 12.6 Å². The molecule has 6 nitrogen and oxygen atoms in total. The highest BCUT2D eigenvalue weighted by Crippen LogP contribution is 2.18. The van der Waals surface area contributed by atoms with Crippen LogP contribution in [0.2, 0.25) is 0 Å². The Balaban J connectivity index is 2.72. The molecule has 0 amide bonds. The molecule has 0 unspecified atom stereocenters. The predicted molar refractivity (Wildman–Crippen MR) is 44.8 cm³/mol. The number of hydrogen-bond donors (Lipinski definition) is 2. The number of carbonyl (C=O) groups is 1. The fraction of sp³-hybridized carbons (Fsp3) is 0.286. The normalized spacial score (nSPS) is 10.1. The van der Waals surface area contributed by atoms with Gasteiger partial charge in [0, 0.05) is 12.4 Å². The Hall–Kier alpha value is -1.99. The highest BCUT2D eigenvalue weighted by molar-refractivity contribution is 5.72. The number of aromatic nitrogens is 2. The fourth-order valence-corrected chi connectivity index (χ4v) is 0.776. The Kier molecular flexibility index (Phi) is 3.72. The van der Waals surface area contributed by atoms with Crippen LogP contribution in [0.4, 0.5) is 14.6 Å². The van der Waals surface area contributed by atoms with E-state index in [1.807, 2.05) is 0 Å². The third-order valence-corrected chi connectivity index (χ3v) is 1.27. The van der Waals surface area contributed by atoms with Crippen molar-refractivity contribution in [2.24, 2.45) is 0 Å². The van der Waals surface area contributed by atoms with Crippen molar-refractivity contribution >= 4 is 11.8 Å². The van der Waals surface area contributed by atoms with Crippen molar-refractivity contribution < 1.29 is 23.4 Å². The van der Waals surface area contributed by atoms with Crippen molar-refractivity contribution in [1.82, 2.24) is 9.97 Å². The van der Waals surface area contributed by atoms with Crippen LogP contribution in [-0.2, 0) is 4.79 Å². The molecule has 0 spiro atoms. The Morgan fingerprint density at radius 3 is 2.80 bits per heavy atom. The molecule has 2 N–H and O–H groups in total. The zero-order chi connectivity index (χ0) is 11.3. The minimum atomic E-state index is -3.04. The van der Waals surface area contributed by atoms with Crippen LogP contribution in [0.25, 0.3) is 0 Å². The van der Waals surface area contributed by atoms with Gasteiger partial charge in [0.15, 0.2) is 5.82 Å². The monoisotopic (exact) mass is 219 g/mol. The van der Waals surface area contributed by atoms with E-state index in [4.69, 9.17) is 5.11 Å². The van der Waals surface area contributed by atoms with Crippen LogP contribution in [0.5, 0.6) is 5.88 Å². The molecule has 15 heavy (non-hydrogen) atoms. The van der Waals surface area contributed by atoms with E-state index in [2.05, 4.69) is 20.0 Å². The molecule has 0 aliphatic heterocycles. The number of hydrogen-bond acceptors (Lipinski definition) is 5. The number of ether oxygens (including phenoxy) is 1. The summed E-state index contributed by atoms with van der Waals surface area (Å²) in [6.07, 6.45) is 2.38. The van der Waals surface area contributed by atoms with Gasteiger partial charge in [-0.1, -0.05) is 0 Å². The van der Waals surface area contributed by atoms with Crippen molar-refractivity contribution in [3.63, 3.8) is 0 Å². The first-order valence-electron chi connectivity index (χ1n) is 3.81. The number of anilines is 1. The molecule has 1 aromatic heterocycles. The standard InChI is InChI=1S/C7H7F2N3O3/c8-7(9)15-6-5(10-1-2-11-6)12-3-4(13)14/h1-2,7H,3H2,(H,10,12)(H,13,14). The second-order valence-electron chi connectivity index (χ2n) is 2.34. The van der Waals surface area contributed by atoms with Crippen molar-refractivity contribution in [2.45, 2.75) is 6.61 Å². The number of carboxylic acid groups (broad SMARTS) is 1. The Morgan fingerprint density at radius 2 is 2.20 bits per heavy atom. The Bertz CT molecular complexity index is 348. The Morgan fingerprint density at radius 1 is 1.53 bits per heavy atom. The largest absolute Gasteiger partial charge is 0.480 e. The first-order chi connectivity index (χ1) is 7.09. The topological polar surface area (TPSA) is 84.3 Å². The number of rotatable bonds is 5. The minimum Gasteiger partial charge on any atom is -0.480 e. The molecular weight excluding hydrogens is 212 g/mol. The van der Waals surface area contributed by atoms with E-state index in [1.54, 1.807) is 0 Å². The molecule has 0 fully saturated rings. The van der Waals surface area contributed by atoms with Crippen LogP contribution in [-0.4, -0.2) is 34.2 Å². The van der Waals surface area contributed by atoms with Crippen LogP contribution in [0, 0.1) is 0 Å². The number of nitrogens with one attached hydrogen (secondary N) is 1. The first kappa shape index (κ1) is 11.1. The summed E-state index contributed by atoms with van der Waals surface area (Å²) in [6, 6.07) is 0. The van der Waals surface area contributed by atoms with Crippen molar-refractivity contribution in [3.8, 4) is 5.88 Å². The smallest absolute Gasteiger partial charge is 0.388 e. The molecule has 0 aliphatic carbocycles.